The van der Waals surface area contributed by atoms with Crippen molar-refractivity contribution < 1.29 is 18.0 Å². The maximum atomic E-state index is 13.7. The summed E-state index contributed by atoms with van der Waals surface area (Å²) in [6.07, 6.45) is 0. The summed E-state index contributed by atoms with van der Waals surface area (Å²) in [5.41, 5.74) is 3.23. The van der Waals surface area contributed by atoms with E-state index in [0.29, 0.717) is 11.8 Å². The summed E-state index contributed by atoms with van der Waals surface area (Å²) in [6.45, 7) is 3.99. The summed E-state index contributed by atoms with van der Waals surface area (Å²) in [5, 5.41) is 4.39. The Morgan fingerprint density at radius 2 is 1.80 bits per heavy atom. The number of rotatable bonds is 3. The zero-order chi connectivity index (χ0) is 18.1. The maximum Gasteiger partial charge on any atom is 0.260 e. The molecular formula is C18H13F3N2OS. The molecule has 0 spiro atoms. The van der Waals surface area contributed by atoms with Crippen LogP contribution >= 0.6 is 11.3 Å². The fraction of sp³-hybridized carbons (Fsp3) is 0.111. The van der Waals surface area contributed by atoms with Crippen LogP contribution in [0.15, 0.2) is 35.7 Å². The summed E-state index contributed by atoms with van der Waals surface area (Å²) in [5.74, 6) is -5.44. The Morgan fingerprint density at radius 1 is 1.04 bits per heavy atom. The molecule has 3 nitrogen and oxygen atoms in total. The summed E-state index contributed by atoms with van der Waals surface area (Å²) < 4.78 is 39.9. The number of hydrogen-bond donors (Lipinski definition) is 1. The molecule has 7 heteroatoms. The van der Waals surface area contributed by atoms with E-state index in [4.69, 9.17) is 0 Å². The van der Waals surface area contributed by atoms with Gasteiger partial charge in [-0.1, -0.05) is 12.1 Å². The molecule has 0 atom stereocenters. The number of amides is 1. The molecular weight excluding hydrogens is 349 g/mol. The summed E-state index contributed by atoms with van der Waals surface area (Å²) in [6, 6.07) is 7.46. The molecule has 2 aromatic carbocycles. The van der Waals surface area contributed by atoms with Crippen LogP contribution in [0.1, 0.15) is 21.5 Å². The number of anilines is 1. The lowest BCUT2D eigenvalue weighted by Gasteiger charge is -2.04. The van der Waals surface area contributed by atoms with E-state index in [1.807, 2.05) is 32.0 Å². The third-order valence-corrected chi connectivity index (χ3v) is 4.56. The number of halogens is 3. The molecule has 1 heterocycles. The van der Waals surface area contributed by atoms with Gasteiger partial charge in [0.2, 0.25) is 0 Å². The Bertz CT molecular complexity index is 969. The van der Waals surface area contributed by atoms with Gasteiger partial charge in [-0.2, -0.15) is 0 Å². The zero-order valence-corrected chi connectivity index (χ0v) is 14.2. The first-order valence-electron chi connectivity index (χ1n) is 7.35. The maximum absolute atomic E-state index is 13.7. The molecule has 0 saturated carbocycles. The highest BCUT2D eigenvalue weighted by atomic mass is 32.1. The van der Waals surface area contributed by atoms with Gasteiger partial charge in [-0.3, -0.25) is 10.1 Å². The van der Waals surface area contributed by atoms with Gasteiger partial charge < -0.3 is 0 Å². The molecule has 128 valence electrons. The van der Waals surface area contributed by atoms with E-state index in [-0.39, 0.29) is 5.13 Å². The number of hydrogen-bond acceptors (Lipinski definition) is 3. The second kappa shape index (κ2) is 6.68. The minimum absolute atomic E-state index is 0.238. The van der Waals surface area contributed by atoms with Crippen LogP contribution in [0, 0.1) is 31.3 Å². The minimum Gasteiger partial charge on any atom is -0.298 e. The van der Waals surface area contributed by atoms with E-state index in [1.54, 1.807) is 5.38 Å². The lowest BCUT2D eigenvalue weighted by atomic mass is 10.1. The molecule has 1 N–H and O–H groups in total. The summed E-state index contributed by atoms with van der Waals surface area (Å²) >= 11 is 1.16. The number of thiazole rings is 1. The van der Waals surface area contributed by atoms with Crippen LogP contribution in [0.2, 0.25) is 0 Å². The van der Waals surface area contributed by atoms with Crippen molar-refractivity contribution in [3.63, 3.8) is 0 Å². The van der Waals surface area contributed by atoms with Crippen molar-refractivity contribution in [2.24, 2.45) is 0 Å². The van der Waals surface area contributed by atoms with Gasteiger partial charge >= 0.3 is 0 Å². The number of carbonyl (C=O) groups is 1. The molecule has 25 heavy (non-hydrogen) atoms. The Hall–Kier alpha value is -2.67. The van der Waals surface area contributed by atoms with Crippen LogP contribution in [0.25, 0.3) is 11.3 Å². The van der Waals surface area contributed by atoms with Crippen LogP contribution < -0.4 is 5.32 Å². The predicted octanol–water partition coefficient (Wildman–Crippen LogP) is 5.10. The molecule has 0 aliphatic carbocycles. The Balaban J connectivity index is 1.83. The largest absolute Gasteiger partial charge is 0.298 e. The topological polar surface area (TPSA) is 42.0 Å². The number of aromatic nitrogens is 1. The van der Waals surface area contributed by atoms with Crippen LogP contribution in [0.4, 0.5) is 18.3 Å². The quantitative estimate of drug-likeness (QED) is 0.659. The molecule has 0 aliphatic rings. The van der Waals surface area contributed by atoms with Crippen LogP contribution in [0.5, 0.6) is 0 Å². The van der Waals surface area contributed by atoms with Gasteiger partial charge in [0.05, 0.1) is 11.3 Å². The third-order valence-electron chi connectivity index (χ3n) is 3.81. The highest BCUT2D eigenvalue weighted by Gasteiger charge is 2.19. The molecule has 0 radical (unpaired) electrons. The molecule has 3 rings (SSSR count). The van der Waals surface area contributed by atoms with Crippen LogP contribution in [0.3, 0.4) is 0 Å². The van der Waals surface area contributed by atoms with Crippen molar-refractivity contribution in [3.05, 3.63) is 69.9 Å². The van der Waals surface area contributed by atoms with E-state index in [0.717, 1.165) is 34.1 Å². The lowest BCUT2D eigenvalue weighted by Crippen LogP contribution is -2.15. The van der Waals surface area contributed by atoms with Gasteiger partial charge in [-0.15, -0.1) is 11.3 Å². The van der Waals surface area contributed by atoms with Crippen molar-refractivity contribution in [2.45, 2.75) is 13.8 Å². The molecule has 1 aromatic heterocycles. The first-order valence-corrected chi connectivity index (χ1v) is 8.23. The van der Waals surface area contributed by atoms with E-state index < -0.39 is 28.9 Å². The Kier molecular flexibility index (Phi) is 4.59. The molecule has 0 saturated heterocycles. The highest BCUT2D eigenvalue weighted by molar-refractivity contribution is 7.14. The fourth-order valence-electron chi connectivity index (χ4n) is 2.23. The molecule has 0 unspecified atom stereocenters. The van der Waals surface area contributed by atoms with E-state index in [1.165, 1.54) is 0 Å². The number of benzene rings is 2. The smallest absolute Gasteiger partial charge is 0.260 e. The van der Waals surface area contributed by atoms with Gasteiger partial charge in [0, 0.05) is 10.9 Å². The molecule has 3 aromatic rings. The molecule has 0 fully saturated rings. The monoisotopic (exact) mass is 362 g/mol. The average molecular weight is 362 g/mol. The van der Waals surface area contributed by atoms with E-state index in [2.05, 4.69) is 10.3 Å². The van der Waals surface area contributed by atoms with Crippen molar-refractivity contribution in [1.29, 1.82) is 0 Å². The number of nitrogens with one attached hydrogen (secondary N) is 1. The predicted molar refractivity (Wildman–Crippen MR) is 91.3 cm³/mol. The standard InChI is InChI=1S/C18H13F3N2OS/c1-9-3-4-11(7-10(9)2)14-8-25-18(22-14)23-17(24)12-5-6-13(19)16(21)15(12)20/h3-8H,1-2H3,(H,22,23,24). The fourth-order valence-corrected chi connectivity index (χ4v) is 2.94. The van der Waals surface area contributed by atoms with Crippen LogP contribution in [-0.2, 0) is 0 Å². The van der Waals surface area contributed by atoms with Crippen molar-refractivity contribution in [2.75, 3.05) is 5.32 Å². The highest BCUT2D eigenvalue weighted by Crippen LogP contribution is 2.27. The number of nitrogens with zero attached hydrogens (tertiary/aromatic N) is 1. The van der Waals surface area contributed by atoms with E-state index in [9.17, 15) is 18.0 Å². The summed E-state index contributed by atoms with van der Waals surface area (Å²) in [7, 11) is 0. The molecule has 0 aliphatic heterocycles. The first kappa shape index (κ1) is 17.2. The molecule has 1 amide bonds. The number of aryl methyl sites for hydroxylation is 2. The molecule has 0 bridgehead atoms. The zero-order valence-electron chi connectivity index (χ0n) is 13.4. The van der Waals surface area contributed by atoms with Crippen molar-refractivity contribution in [1.82, 2.24) is 4.98 Å². The number of carbonyl (C=O) groups excluding carboxylic acids is 1. The third kappa shape index (κ3) is 3.41. The second-order valence-electron chi connectivity index (χ2n) is 5.51. The Labute approximate surface area is 146 Å². The Morgan fingerprint density at radius 3 is 2.52 bits per heavy atom. The van der Waals surface area contributed by atoms with Crippen LogP contribution in [-0.4, -0.2) is 10.9 Å². The second-order valence-corrected chi connectivity index (χ2v) is 6.37. The van der Waals surface area contributed by atoms with Gasteiger partial charge in [0.15, 0.2) is 22.6 Å². The van der Waals surface area contributed by atoms with Crippen molar-refractivity contribution in [3.8, 4) is 11.3 Å². The van der Waals surface area contributed by atoms with Gasteiger partial charge in [-0.05, 0) is 43.2 Å². The van der Waals surface area contributed by atoms with Gasteiger partial charge in [0.25, 0.3) is 5.91 Å². The van der Waals surface area contributed by atoms with Crippen molar-refractivity contribution >= 4 is 22.4 Å². The SMILES string of the molecule is Cc1ccc(-c2csc(NC(=O)c3ccc(F)c(F)c3F)n2)cc1C. The van der Waals surface area contributed by atoms with Gasteiger partial charge in [-0.25, -0.2) is 18.2 Å². The summed E-state index contributed by atoms with van der Waals surface area (Å²) in [4.78, 5) is 16.4. The van der Waals surface area contributed by atoms with E-state index >= 15 is 0 Å². The van der Waals surface area contributed by atoms with Gasteiger partial charge in [0.1, 0.15) is 0 Å². The minimum atomic E-state index is -1.68. The lowest BCUT2D eigenvalue weighted by molar-refractivity contribution is 0.102. The average Bonchev–Trinajstić information content (AvgIpc) is 3.03. The first-order chi connectivity index (χ1) is 11.9. The normalized spacial score (nSPS) is 10.8.